The van der Waals surface area contributed by atoms with Gasteiger partial charge in [-0.15, -0.1) is 11.8 Å². The highest BCUT2D eigenvalue weighted by Crippen LogP contribution is 2.25. The van der Waals surface area contributed by atoms with Crippen LogP contribution >= 0.6 is 11.8 Å². The third-order valence-corrected chi connectivity index (χ3v) is 4.93. The van der Waals surface area contributed by atoms with Gasteiger partial charge in [-0.3, -0.25) is 9.36 Å². The second-order valence-corrected chi connectivity index (χ2v) is 6.76. The lowest BCUT2D eigenvalue weighted by Crippen LogP contribution is -2.39. The second kappa shape index (κ2) is 7.64. The zero-order valence-corrected chi connectivity index (χ0v) is 15.6. The summed E-state index contributed by atoms with van der Waals surface area (Å²) < 4.78 is 16.4. The van der Waals surface area contributed by atoms with E-state index in [2.05, 4.69) is 0 Å². The van der Waals surface area contributed by atoms with Gasteiger partial charge in [-0.25, -0.2) is 13.8 Å². The summed E-state index contributed by atoms with van der Waals surface area (Å²) in [6.07, 6.45) is 1.76. The zero-order valence-electron chi connectivity index (χ0n) is 14.8. The SMILES string of the molecule is CSc1ccc(-n2c(-c3ccc(C)cc3)cc(=O)n(CC#N)c2=O)cc1F. The molecular weight excluding hydrogens is 365 g/mol. The van der Waals surface area contributed by atoms with Crippen molar-refractivity contribution < 1.29 is 4.39 Å². The molecule has 3 rings (SSSR count). The van der Waals surface area contributed by atoms with Crippen molar-refractivity contribution in [3.05, 3.63) is 80.7 Å². The van der Waals surface area contributed by atoms with Gasteiger partial charge in [0.2, 0.25) is 0 Å². The molecule has 0 saturated carbocycles. The van der Waals surface area contributed by atoms with E-state index in [0.717, 1.165) is 10.1 Å². The third-order valence-electron chi connectivity index (χ3n) is 4.16. The Labute approximate surface area is 159 Å². The van der Waals surface area contributed by atoms with Crippen LogP contribution in [0.1, 0.15) is 5.56 Å². The molecule has 0 amide bonds. The van der Waals surface area contributed by atoms with Gasteiger partial charge in [0.25, 0.3) is 5.56 Å². The van der Waals surface area contributed by atoms with Crippen LogP contribution in [-0.4, -0.2) is 15.4 Å². The van der Waals surface area contributed by atoms with Crippen molar-refractivity contribution >= 4 is 11.8 Å². The summed E-state index contributed by atoms with van der Waals surface area (Å²) in [5.41, 5.74) is 1.05. The molecule has 5 nitrogen and oxygen atoms in total. The highest BCUT2D eigenvalue weighted by atomic mass is 32.2. The fourth-order valence-corrected chi connectivity index (χ4v) is 3.23. The van der Waals surface area contributed by atoms with E-state index in [1.165, 1.54) is 28.5 Å². The molecule has 0 radical (unpaired) electrons. The van der Waals surface area contributed by atoms with E-state index in [0.29, 0.717) is 16.2 Å². The Hall–Kier alpha value is -3.11. The summed E-state index contributed by atoms with van der Waals surface area (Å²) in [5, 5.41) is 8.94. The molecule has 0 aliphatic rings. The molecule has 0 atom stereocenters. The molecule has 0 unspecified atom stereocenters. The summed E-state index contributed by atoms with van der Waals surface area (Å²) in [6, 6.07) is 14.9. The number of benzene rings is 2. The number of nitriles is 1. The minimum Gasteiger partial charge on any atom is -0.269 e. The van der Waals surface area contributed by atoms with Gasteiger partial charge in [-0.2, -0.15) is 5.26 Å². The molecule has 1 aromatic heterocycles. The van der Waals surface area contributed by atoms with E-state index in [1.54, 1.807) is 30.5 Å². The number of hydrogen-bond donors (Lipinski definition) is 0. The van der Waals surface area contributed by atoms with Crippen LogP contribution in [0.2, 0.25) is 0 Å². The predicted octanol–water partition coefficient (Wildman–Crippen LogP) is 3.36. The van der Waals surface area contributed by atoms with Crippen LogP contribution in [0.3, 0.4) is 0 Å². The molecule has 3 aromatic rings. The Morgan fingerprint density at radius 3 is 2.41 bits per heavy atom. The number of aromatic nitrogens is 2. The van der Waals surface area contributed by atoms with Crippen molar-refractivity contribution in [3.8, 4) is 23.0 Å². The van der Waals surface area contributed by atoms with E-state index in [9.17, 15) is 14.0 Å². The van der Waals surface area contributed by atoms with Crippen LogP contribution in [0, 0.1) is 24.1 Å². The standard InChI is InChI=1S/C20H16FN3O2S/c1-13-3-5-14(6-4-13)17-12-19(25)23(10-9-22)20(26)24(17)15-7-8-18(27-2)16(21)11-15/h3-8,11-12H,10H2,1-2H3. The minimum absolute atomic E-state index is 0.289. The number of halogens is 1. The molecule has 0 N–H and O–H groups in total. The Kier molecular flexibility index (Phi) is 5.28. The first-order chi connectivity index (χ1) is 13.0. The van der Waals surface area contributed by atoms with Crippen LogP contribution < -0.4 is 11.2 Å². The molecule has 1 heterocycles. The van der Waals surface area contributed by atoms with Crippen LogP contribution in [0.15, 0.2) is 63.0 Å². The molecule has 0 aliphatic heterocycles. The molecular formula is C20H16FN3O2S. The highest BCUT2D eigenvalue weighted by molar-refractivity contribution is 7.98. The maximum absolute atomic E-state index is 14.3. The van der Waals surface area contributed by atoms with Crippen molar-refractivity contribution in [2.24, 2.45) is 0 Å². The van der Waals surface area contributed by atoms with E-state index in [4.69, 9.17) is 5.26 Å². The average molecular weight is 381 g/mol. The molecule has 0 spiro atoms. The third kappa shape index (κ3) is 3.57. The predicted molar refractivity (Wildman–Crippen MR) is 104 cm³/mol. The Morgan fingerprint density at radius 2 is 1.81 bits per heavy atom. The van der Waals surface area contributed by atoms with Crippen LogP contribution in [0.4, 0.5) is 4.39 Å². The lowest BCUT2D eigenvalue weighted by atomic mass is 10.1. The molecule has 136 valence electrons. The van der Waals surface area contributed by atoms with E-state index in [-0.39, 0.29) is 12.2 Å². The normalized spacial score (nSPS) is 10.6. The molecule has 0 saturated heterocycles. The maximum Gasteiger partial charge on any atom is 0.337 e. The summed E-state index contributed by atoms with van der Waals surface area (Å²) in [5.74, 6) is -0.459. The van der Waals surface area contributed by atoms with E-state index >= 15 is 0 Å². The summed E-state index contributed by atoms with van der Waals surface area (Å²) in [7, 11) is 0. The smallest absolute Gasteiger partial charge is 0.269 e. The van der Waals surface area contributed by atoms with Gasteiger partial charge in [0.1, 0.15) is 12.4 Å². The van der Waals surface area contributed by atoms with Gasteiger partial charge in [0.05, 0.1) is 17.5 Å². The molecule has 2 aromatic carbocycles. The minimum atomic E-state index is -0.684. The van der Waals surface area contributed by atoms with Crippen LogP contribution in [0.25, 0.3) is 16.9 Å². The Bertz CT molecular complexity index is 1160. The van der Waals surface area contributed by atoms with Crippen LogP contribution in [0.5, 0.6) is 0 Å². The first-order valence-electron chi connectivity index (χ1n) is 8.11. The lowest BCUT2D eigenvalue weighted by Gasteiger charge is -2.15. The van der Waals surface area contributed by atoms with Gasteiger partial charge < -0.3 is 0 Å². The van der Waals surface area contributed by atoms with Gasteiger partial charge in [0.15, 0.2) is 0 Å². The summed E-state index contributed by atoms with van der Waals surface area (Å²) in [4.78, 5) is 25.8. The first kappa shape index (κ1) is 18.7. The van der Waals surface area contributed by atoms with Gasteiger partial charge in [-0.05, 0) is 36.9 Å². The fraction of sp³-hybridized carbons (Fsp3) is 0.150. The first-order valence-corrected chi connectivity index (χ1v) is 9.33. The van der Waals surface area contributed by atoms with Crippen molar-refractivity contribution in [2.45, 2.75) is 18.4 Å². The largest absolute Gasteiger partial charge is 0.337 e. The lowest BCUT2D eigenvalue weighted by molar-refractivity contribution is 0.599. The van der Waals surface area contributed by atoms with Gasteiger partial charge in [-0.1, -0.05) is 29.8 Å². The molecule has 27 heavy (non-hydrogen) atoms. The number of aryl methyl sites for hydroxylation is 1. The number of rotatable bonds is 4. The highest BCUT2D eigenvalue weighted by Gasteiger charge is 2.16. The summed E-state index contributed by atoms with van der Waals surface area (Å²) in [6.45, 7) is 1.55. The fourth-order valence-electron chi connectivity index (χ4n) is 2.77. The van der Waals surface area contributed by atoms with Gasteiger partial charge in [0, 0.05) is 11.0 Å². The molecule has 0 fully saturated rings. The molecule has 0 aliphatic carbocycles. The van der Waals surface area contributed by atoms with Crippen molar-refractivity contribution in [2.75, 3.05) is 6.26 Å². The number of hydrogen-bond acceptors (Lipinski definition) is 4. The van der Waals surface area contributed by atoms with E-state index < -0.39 is 17.1 Å². The topological polar surface area (TPSA) is 67.8 Å². The monoisotopic (exact) mass is 381 g/mol. The van der Waals surface area contributed by atoms with Crippen LogP contribution in [-0.2, 0) is 6.54 Å². The Morgan fingerprint density at radius 1 is 1.11 bits per heavy atom. The number of thioether (sulfide) groups is 1. The molecule has 7 heteroatoms. The maximum atomic E-state index is 14.3. The Balaban J connectivity index is 2.36. The van der Waals surface area contributed by atoms with Crippen molar-refractivity contribution in [1.82, 2.24) is 9.13 Å². The van der Waals surface area contributed by atoms with E-state index in [1.807, 2.05) is 25.1 Å². The zero-order chi connectivity index (χ0) is 19.6. The average Bonchev–Trinajstić information content (AvgIpc) is 2.65. The van der Waals surface area contributed by atoms with Crippen molar-refractivity contribution in [1.29, 1.82) is 5.26 Å². The molecule has 0 bridgehead atoms. The van der Waals surface area contributed by atoms with Crippen molar-refractivity contribution in [3.63, 3.8) is 0 Å². The number of nitrogens with zero attached hydrogens (tertiary/aromatic N) is 3. The quantitative estimate of drug-likeness (QED) is 0.650. The summed E-state index contributed by atoms with van der Waals surface area (Å²) >= 11 is 1.26. The van der Waals surface area contributed by atoms with Gasteiger partial charge >= 0.3 is 5.69 Å². The second-order valence-electron chi connectivity index (χ2n) is 5.91.